The number of nitrogens with one attached hydrogen (secondary N) is 1. The van der Waals surface area contributed by atoms with E-state index in [4.69, 9.17) is 13.9 Å². The van der Waals surface area contributed by atoms with Crippen molar-refractivity contribution in [2.24, 2.45) is 0 Å². The van der Waals surface area contributed by atoms with Crippen LogP contribution in [0.15, 0.2) is 46.9 Å². The van der Waals surface area contributed by atoms with E-state index in [0.717, 1.165) is 10.5 Å². The molecule has 1 aromatic heterocycles. The number of carbonyl (C=O) groups is 2. The Hall–Kier alpha value is -3.62. The van der Waals surface area contributed by atoms with Crippen molar-refractivity contribution >= 4 is 23.0 Å². The number of rotatable bonds is 5. The predicted molar refractivity (Wildman–Crippen MR) is 130 cm³/mol. The monoisotopic (exact) mass is 500 g/mol. The van der Waals surface area contributed by atoms with Crippen LogP contribution in [0.5, 0.6) is 5.75 Å². The molecule has 36 heavy (non-hydrogen) atoms. The van der Waals surface area contributed by atoms with E-state index in [1.165, 1.54) is 0 Å². The molecule has 1 unspecified atom stereocenters. The zero-order chi connectivity index (χ0) is 26.3. The summed E-state index contributed by atoms with van der Waals surface area (Å²) in [6, 6.07) is 11.5. The van der Waals surface area contributed by atoms with Crippen molar-refractivity contribution < 1.29 is 32.3 Å². The zero-order valence-corrected chi connectivity index (χ0v) is 21.0. The number of fused-ring (bicyclic) bond motifs is 1. The second kappa shape index (κ2) is 9.44. The van der Waals surface area contributed by atoms with E-state index in [-0.39, 0.29) is 12.1 Å². The molecule has 2 heterocycles. The number of nitrogens with zero attached hydrogens (tertiary/aromatic N) is 1. The van der Waals surface area contributed by atoms with Gasteiger partial charge in [0.25, 0.3) is 11.8 Å². The number of ether oxygens (including phenoxy) is 2. The molecule has 192 valence electrons. The number of hydrogen-bond acceptors (Lipinski definition) is 5. The number of amides is 2. The van der Waals surface area contributed by atoms with Gasteiger partial charge in [0.05, 0.1) is 18.7 Å². The fourth-order valence-electron chi connectivity index (χ4n) is 4.25. The lowest BCUT2D eigenvalue weighted by molar-refractivity contribution is -0.0153. The average molecular weight is 501 g/mol. The van der Waals surface area contributed by atoms with Crippen molar-refractivity contribution in [1.82, 2.24) is 10.2 Å². The molecule has 1 N–H and O–H groups in total. The van der Waals surface area contributed by atoms with Gasteiger partial charge in [-0.1, -0.05) is 30.3 Å². The number of halogens is 2. The quantitative estimate of drug-likeness (QED) is 0.492. The fraction of sp³-hybridized carbons (Fsp3) is 0.407. The summed E-state index contributed by atoms with van der Waals surface area (Å²) in [6.45, 7) is 7.51. The molecule has 0 aliphatic carbocycles. The Labute approximate surface area is 208 Å². The number of alkyl halides is 2. The second-order valence-electron chi connectivity index (χ2n) is 10.0. The minimum absolute atomic E-state index is 0.166. The van der Waals surface area contributed by atoms with E-state index in [1.807, 2.05) is 30.3 Å². The Morgan fingerprint density at radius 3 is 2.50 bits per heavy atom. The maximum atomic E-state index is 14.8. The normalized spacial score (nSPS) is 17.3. The Balaban J connectivity index is 1.55. The van der Waals surface area contributed by atoms with Gasteiger partial charge in [0.15, 0.2) is 0 Å². The first kappa shape index (κ1) is 25.5. The number of benzene rings is 2. The Kier molecular flexibility index (Phi) is 6.68. The molecule has 0 bridgehead atoms. The van der Waals surface area contributed by atoms with Crippen LogP contribution in [-0.2, 0) is 11.3 Å². The highest BCUT2D eigenvalue weighted by molar-refractivity contribution is 6.09. The molecule has 1 saturated heterocycles. The van der Waals surface area contributed by atoms with Crippen molar-refractivity contribution in [3.63, 3.8) is 0 Å². The van der Waals surface area contributed by atoms with Gasteiger partial charge in [0, 0.05) is 10.9 Å². The number of aryl methyl sites for hydroxylation is 2. The second-order valence-corrected chi connectivity index (χ2v) is 10.0. The Morgan fingerprint density at radius 1 is 1.14 bits per heavy atom. The van der Waals surface area contributed by atoms with Gasteiger partial charge in [0.2, 0.25) is 0 Å². The highest BCUT2D eigenvalue weighted by Gasteiger charge is 2.51. The van der Waals surface area contributed by atoms with Crippen LogP contribution < -0.4 is 10.1 Å². The van der Waals surface area contributed by atoms with Crippen LogP contribution in [0.2, 0.25) is 0 Å². The molecule has 1 atom stereocenters. The van der Waals surface area contributed by atoms with E-state index in [1.54, 1.807) is 46.8 Å². The molecule has 0 saturated carbocycles. The molecule has 0 spiro atoms. The van der Waals surface area contributed by atoms with Crippen molar-refractivity contribution in [2.75, 3.05) is 13.1 Å². The van der Waals surface area contributed by atoms with Gasteiger partial charge in [0.1, 0.15) is 35.3 Å². The first-order valence-electron chi connectivity index (χ1n) is 11.7. The third-order valence-corrected chi connectivity index (χ3v) is 5.98. The van der Waals surface area contributed by atoms with Crippen LogP contribution in [0.3, 0.4) is 0 Å². The van der Waals surface area contributed by atoms with Crippen molar-refractivity contribution in [3.05, 3.63) is 64.9 Å². The lowest BCUT2D eigenvalue weighted by Crippen LogP contribution is -2.46. The van der Waals surface area contributed by atoms with Crippen molar-refractivity contribution in [2.45, 2.75) is 58.8 Å². The summed E-state index contributed by atoms with van der Waals surface area (Å²) in [6.07, 6.45) is -0.847. The van der Waals surface area contributed by atoms with Gasteiger partial charge in [-0.15, -0.1) is 0 Å². The van der Waals surface area contributed by atoms with E-state index < -0.39 is 36.1 Å². The SMILES string of the molecule is Cc1oc2ccc(OCc3ccccc3)c(C)c2c1C(=O)NC1CN(C(=O)OC(C)(C)C)CC1(F)F. The number of furan rings is 1. The highest BCUT2D eigenvalue weighted by Crippen LogP contribution is 2.35. The largest absolute Gasteiger partial charge is 0.489 e. The minimum Gasteiger partial charge on any atom is -0.489 e. The molecule has 7 nitrogen and oxygen atoms in total. The van der Waals surface area contributed by atoms with E-state index >= 15 is 0 Å². The molecule has 0 radical (unpaired) electrons. The number of likely N-dealkylation sites (tertiary alicyclic amines) is 1. The van der Waals surface area contributed by atoms with Gasteiger partial charge in [-0.3, -0.25) is 9.69 Å². The van der Waals surface area contributed by atoms with Gasteiger partial charge in [-0.2, -0.15) is 0 Å². The molecule has 1 fully saturated rings. The summed E-state index contributed by atoms with van der Waals surface area (Å²) in [4.78, 5) is 26.5. The first-order valence-corrected chi connectivity index (χ1v) is 11.7. The Bertz CT molecular complexity index is 1280. The maximum absolute atomic E-state index is 14.8. The van der Waals surface area contributed by atoms with Crippen LogP contribution in [0.25, 0.3) is 11.0 Å². The molecule has 2 amide bonds. The highest BCUT2D eigenvalue weighted by atomic mass is 19.3. The average Bonchev–Trinajstić information content (AvgIpc) is 3.28. The van der Waals surface area contributed by atoms with Gasteiger partial charge < -0.3 is 19.2 Å². The van der Waals surface area contributed by atoms with Crippen LogP contribution in [0, 0.1) is 13.8 Å². The van der Waals surface area contributed by atoms with E-state index in [0.29, 0.717) is 34.6 Å². The van der Waals surface area contributed by atoms with Crippen molar-refractivity contribution in [3.8, 4) is 5.75 Å². The third-order valence-electron chi connectivity index (χ3n) is 5.98. The summed E-state index contributed by atoms with van der Waals surface area (Å²) in [7, 11) is 0. The van der Waals surface area contributed by atoms with Crippen LogP contribution in [-0.4, -0.2) is 47.6 Å². The summed E-state index contributed by atoms with van der Waals surface area (Å²) in [5, 5.41) is 2.92. The molecule has 4 rings (SSSR count). The van der Waals surface area contributed by atoms with E-state index in [9.17, 15) is 18.4 Å². The summed E-state index contributed by atoms with van der Waals surface area (Å²) in [5.41, 5.74) is 1.45. The number of hydrogen-bond donors (Lipinski definition) is 1. The van der Waals surface area contributed by atoms with E-state index in [2.05, 4.69) is 5.32 Å². The number of carbonyl (C=O) groups excluding carboxylic acids is 2. The molecule has 1 aliphatic heterocycles. The molecule has 2 aromatic carbocycles. The Morgan fingerprint density at radius 2 is 1.83 bits per heavy atom. The predicted octanol–water partition coefficient (Wildman–Crippen LogP) is 5.61. The van der Waals surface area contributed by atoms with Gasteiger partial charge >= 0.3 is 6.09 Å². The fourth-order valence-corrected chi connectivity index (χ4v) is 4.25. The summed E-state index contributed by atoms with van der Waals surface area (Å²) >= 11 is 0. The first-order chi connectivity index (χ1) is 16.9. The minimum atomic E-state index is -3.32. The van der Waals surface area contributed by atoms with Crippen molar-refractivity contribution in [1.29, 1.82) is 0 Å². The lowest BCUT2D eigenvalue weighted by atomic mass is 10.0. The lowest BCUT2D eigenvalue weighted by Gasteiger charge is -2.24. The van der Waals surface area contributed by atoms with Gasteiger partial charge in [-0.05, 0) is 52.3 Å². The summed E-state index contributed by atoms with van der Waals surface area (Å²) in [5.74, 6) is -3.16. The molecule has 9 heteroatoms. The third kappa shape index (κ3) is 5.29. The molecule has 1 aliphatic rings. The zero-order valence-electron chi connectivity index (χ0n) is 21.0. The van der Waals surface area contributed by atoms with Crippen LogP contribution >= 0.6 is 0 Å². The van der Waals surface area contributed by atoms with Crippen LogP contribution in [0.1, 0.15) is 48.0 Å². The standard InChI is InChI=1S/C27H30F2N2O5/c1-16-19(34-14-18-9-7-6-8-10-18)11-12-20-22(16)23(17(2)35-20)24(32)30-21-13-31(15-27(21,28)29)25(33)36-26(3,4)5/h6-12,21H,13-15H2,1-5H3,(H,30,32). The molecule has 3 aromatic rings. The topological polar surface area (TPSA) is 81.0 Å². The molecular weight excluding hydrogens is 470 g/mol. The maximum Gasteiger partial charge on any atom is 0.410 e. The molecular formula is C27H30F2N2O5. The van der Waals surface area contributed by atoms with Gasteiger partial charge in [-0.25, -0.2) is 13.6 Å². The summed E-state index contributed by atoms with van der Waals surface area (Å²) < 4.78 is 46.5. The smallest absolute Gasteiger partial charge is 0.410 e. The van der Waals surface area contributed by atoms with Crippen LogP contribution in [0.4, 0.5) is 13.6 Å².